The van der Waals surface area contributed by atoms with Crippen molar-refractivity contribution in [2.45, 2.75) is 6.10 Å². The Hall–Kier alpha value is -1.75. The molecule has 0 spiro atoms. The van der Waals surface area contributed by atoms with Crippen molar-refractivity contribution >= 4 is 6.03 Å². The molecule has 1 heterocycles. The number of amides is 2. The van der Waals surface area contributed by atoms with E-state index in [2.05, 4.69) is 5.32 Å². The van der Waals surface area contributed by atoms with Crippen LogP contribution in [0.1, 0.15) is 0 Å². The second kappa shape index (κ2) is 4.85. The van der Waals surface area contributed by atoms with Crippen LogP contribution in [0.5, 0.6) is 5.75 Å². The average Bonchev–Trinajstić information content (AvgIpc) is 2.24. The van der Waals surface area contributed by atoms with Gasteiger partial charge in [-0.05, 0) is 12.1 Å². The zero-order valence-corrected chi connectivity index (χ0v) is 8.80. The van der Waals surface area contributed by atoms with E-state index in [4.69, 9.17) is 9.84 Å². The number of nitrogens with one attached hydrogen (secondary N) is 1. The molecule has 1 aromatic carbocycles. The third-order valence-electron chi connectivity index (χ3n) is 2.41. The van der Waals surface area contributed by atoms with Gasteiger partial charge in [0.15, 0.2) is 0 Å². The van der Waals surface area contributed by atoms with Gasteiger partial charge >= 0.3 is 6.03 Å². The van der Waals surface area contributed by atoms with Gasteiger partial charge in [0.2, 0.25) is 0 Å². The van der Waals surface area contributed by atoms with Gasteiger partial charge in [-0.25, -0.2) is 4.79 Å². The quantitative estimate of drug-likeness (QED) is 0.728. The van der Waals surface area contributed by atoms with Gasteiger partial charge in [-0.15, -0.1) is 0 Å². The third-order valence-corrected chi connectivity index (χ3v) is 2.41. The summed E-state index contributed by atoms with van der Waals surface area (Å²) in [5, 5.41) is 10.8. The van der Waals surface area contributed by atoms with E-state index in [0.717, 1.165) is 5.75 Å². The molecule has 1 aliphatic heterocycles. The smallest absolute Gasteiger partial charge is 0.319 e. The van der Waals surface area contributed by atoms with Crippen LogP contribution in [0.2, 0.25) is 0 Å². The van der Waals surface area contributed by atoms with Crippen LogP contribution in [0, 0.1) is 0 Å². The predicted molar refractivity (Wildman–Crippen MR) is 58.0 cm³/mol. The van der Waals surface area contributed by atoms with Gasteiger partial charge in [-0.1, -0.05) is 18.2 Å². The van der Waals surface area contributed by atoms with Crippen LogP contribution >= 0.6 is 0 Å². The fraction of sp³-hybridized carbons (Fsp3) is 0.364. The molecule has 1 aliphatic rings. The second-order valence-corrected chi connectivity index (χ2v) is 3.60. The number of ether oxygens (including phenoxy) is 1. The van der Waals surface area contributed by atoms with Crippen molar-refractivity contribution in [2.24, 2.45) is 0 Å². The maximum atomic E-state index is 11.2. The molecule has 2 amide bonds. The maximum absolute atomic E-state index is 11.2. The standard InChI is InChI=1S/C11H14N2O3/c14-8-12-11(15)13-6-10(7-13)16-9-4-2-1-3-5-9/h1-5,10,14H,6-8H2,(H,12,15). The Labute approximate surface area is 93.6 Å². The highest BCUT2D eigenvalue weighted by molar-refractivity contribution is 5.74. The number of aliphatic hydroxyl groups excluding tert-OH is 1. The molecular formula is C11H14N2O3. The van der Waals surface area contributed by atoms with Crippen LogP contribution in [-0.4, -0.2) is 42.0 Å². The monoisotopic (exact) mass is 222 g/mol. The number of rotatable bonds is 3. The largest absolute Gasteiger partial charge is 0.487 e. The summed E-state index contributed by atoms with van der Waals surface area (Å²) >= 11 is 0. The maximum Gasteiger partial charge on any atom is 0.319 e. The van der Waals surface area contributed by atoms with Crippen LogP contribution in [0.3, 0.4) is 0 Å². The Balaban J connectivity index is 1.75. The first kappa shape index (κ1) is 10.8. The number of para-hydroxylation sites is 1. The number of likely N-dealkylation sites (tertiary alicyclic amines) is 1. The molecular weight excluding hydrogens is 208 g/mol. The minimum Gasteiger partial charge on any atom is -0.487 e. The number of carbonyl (C=O) groups excluding carboxylic acids is 1. The van der Waals surface area contributed by atoms with Gasteiger partial charge < -0.3 is 20.1 Å². The minimum absolute atomic E-state index is 0.0480. The highest BCUT2D eigenvalue weighted by Crippen LogP contribution is 2.17. The molecule has 0 atom stereocenters. The molecule has 0 bridgehead atoms. The Morgan fingerprint density at radius 1 is 1.44 bits per heavy atom. The van der Waals surface area contributed by atoms with Gasteiger partial charge in [-0.3, -0.25) is 0 Å². The molecule has 0 aromatic heterocycles. The normalized spacial score (nSPS) is 15.4. The summed E-state index contributed by atoms with van der Waals surface area (Å²) in [7, 11) is 0. The molecule has 2 N–H and O–H groups in total. The summed E-state index contributed by atoms with van der Waals surface area (Å²) in [6.07, 6.45) is 0.0480. The molecule has 5 nitrogen and oxygen atoms in total. The van der Waals surface area contributed by atoms with Crippen molar-refractivity contribution in [2.75, 3.05) is 19.8 Å². The number of hydrogen-bond acceptors (Lipinski definition) is 3. The van der Waals surface area contributed by atoms with Crippen LogP contribution in [-0.2, 0) is 0 Å². The van der Waals surface area contributed by atoms with Crippen LogP contribution < -0.4 is 10.1 Å². The van der Waals surface area contributed by atoms with Crippen molar-refractivity contribution in [1.82, 2.24) is 10.2 Å². The van der Waals surface area contributed by atoms with Crippen molar-refractivity contribution in [3.8, 4) is 5.75 Å². The van der Waals surface area contributed by atoms with Gasteiger partial charge in [0.05, 0.1) is 13.1 Å². The molecule has 1 saturated heterocycles. The molecule has 0 aliphatic carbocycles. The van der Waals surface area contributed by atoms with E-state index < -0.39 is 0 Å². The lowest BCUT2D eigenvalue weighted by Gasteiger charge is -2.38. The Morgan fingerprint density at radius 2 is 2.12 bits per heavy atom. The summed E-state index contributed by atoms with van der Waals surface area (Å²) in [5.74, 6) is 0.815. The van der Waals surface area contributed by atoms with Gasteiger partial charge in [0.25, 0.3) is 0 Å². The number of aliphatic hydroxyl groups is 1. The van der Waals surface area contributed by atoms with E-state index in [9.17, 15) is 4.79 Å². The number of carbonyl (C=O) groups is 1. The lowest BCUT2D eigenvalue weighted by atomic mass is 10.2. The molecule has 1 fully saturated rings. The summed E-state index contributed by atoms with van der Waals surface area (Å²) in [6, 6.07) is 9.26. The van der Waals surface area contributed by atoms with Gasteiger partial charge in [0.1, 0.15) is 18.6 Å². The summed E-state index contributed by atoms with van der Waals surface area (Å²) < 4.78 is 5.62. The summed E-state index contributed by atoms with van der Waals surface area (Å²) in [5.41, 5.74) is 0. The number of hydrogen-bond donors (Lipinski definition) is 2. The van der Waals surface area contributed by atoms with E-state index in [0.29, 0.717) is 13.1 Å². The van der Waals surface area contributed by atoms with E-state index in [1.54, 1.807) is 4.90 Å². The fourth-order valence-electron chi connectivity index (χ4n) is 1.55. The SMILES string of the molecule is O=C(NCO)N1CC(Oc2ccccc2)C1. The van der Waals surface area contributed by atoms with Crippen molar-refractivity contribution in [1.29, 1.82) is 0 Å². The molecule has 0 saturated carbocycles. The van der Waals surface area contributed by atoms with E-state index in [1.165, 1.54) is 0 Å². The zero-order valence-electron chi connectivity index (χ0n) is 8.80. The first-order valence-corrected chi connectivity index (χ1v) is 5.15. The summed E-state index contributed by atoms with van der Waals surface area (Å²) in [6.45, 7) is 0.779. The molecule has 5 heteroatoms. The highest BCUT2D eigenvalue weighted by atomic mass is 16.5. The number of nitrogens with zero attached hydrogens (tertiary/aromatic N) is 1. The van der Waals surface area contributed by atoms with Gasteiger partial charge in [-0.2, -0.15) is 0 Å². The van der Waals surface area contributed by atoms with E-state index >= 15 is 0 Å². The number of urea groups is 1. The third kappa shape index (κ3) is 2.43. The van der Waals surface area contributed by atoms with Crippen LogP contribution in [0.4, 0.5) is 4.79 Å². The first-order chi connectivity index (χ1) is 7.79. The fourth-order valence-corrected chi connectivity index (χ4v) is 1.55. The average molecular weight is 222 g/mol. The molecule has 1 aromatic rings. The first-order valence-electron chi connectivity index (χ1n) is 5.15. The molecule has 86 valence electrons. The minimum atomic E-state index is -0.334. The Bertz CT molecular complexity index is 350. The lowest BCUT2D eigenvalue weighted by molar-refractivity contribution is 0.0421. The van der Waals surface area contributed by atoms with E-state index in [1.807, 2.05) is 30.3 Å². The van der Waals surface area contributed by atoms with Crippen molar-refractivity contribution < 1.29 is 14.6 Å². The second-order valence-electron chi connectivity index (χ2n) is 3.60. The van der Waals surface area contributed by atoms with Crippen LogP contribution in [0.25, 0.3) is 0 Å². The highest BCUT2D eigenvalue weighted by Gasteiger charge is 2.31. The summed E-state index contributed by atoms with van der Waals surface area (Å²) in [4.78, 5) is 12.8. The van der Waals surface area contributed by atoms with Crippen molar-refractivity contribution in [3.05, 3.63) is 30.3 Å². The Kier molecular flexibility index (Phi) is 3.26. The lowest BCUT2D eigenvalue weighted by Crippen LogP contribution is -2.58. The predicted octanol–water partition coefficient (Wildman–Crippen LogP) is 0.409. The molecule has 2 rings (SSSR count). The van der Waals surface area contributed by atoms with E-state index in [-0.39, 0.29) is 18.9 Å². The molecule has 0 radical (unpaired) electrons. The molecule has 16 heavy (non-hydrogen) atoms. The molecule has 0 unspecified atom stereocenters. The zero-order chi connectivity index (χ0) is 11.4. The Morgan fingerprint density at radius 3 is 2.75 bits per heavy atom. The van der Waals surface area contributed by atoms with Gasteiger partial charge in [0, 0.05) is 0 Å². The van der Waals surface area contributed by atoms with Crippen LogP contribution in [0.15, 0.2) is 30.3 Å². The number of benzene rings is 1. The van der Waals surface area contributed by atoms with Crippen molar-refractivity contribution in [3.63, 3.8) is 0 Å². The topological polar surface area (TPSA) is 61.8 Å².